The van der Waals surface area contributed by atoms with Gasteiger partial charge < -0.3 is 10.1 Å². The molecule has 0 saturated carbocycles. The minimum Gasteiger partial charge on any atom is -0.483 e. The Bertz CT molecular complexity index is 443. The maximum atomic E-state index is 11.7. The largest absolute Gasteiger partial charge is 0.483 e. The fraction of sp³-hybridized carbons (Fsp3) is 0.467. The first kappa shape index (κ1) is 15.2. The number of nitrogens with one attached hydrogen (secondary N) is 1. The van der Waals surface area contributed by atoms with Gasteiger partial charge in [-0.05, 0) is 32.4 Å². The van der Waals surface area contributed by atoms with Crippen LogP contribution in [0.2, 0.25) is 0 Å². The van der Waals surface area contributed by atoms with Gasteiger partial charge in [0.25, 0.3) is 5.91 Å². The molecule has 0 fully saturated rings. The second kappa shape index (κ2) is 7.56. The molecule has 1 N–H and O–H groups in total. The van der Waals surface area contributed by atoms with Gasteiger partial charge in [0.05, 0.1) is 5.56 Å². The minimum atomic E-state index is -0.167. The van der Waals surface area contributed by atoms with Crippen LogP contribution in [-0.2, 0) is 4.79 Å². The van der Waals surface area contributed by atoms with Crippen LogP contribution in [-0.4, -0.2) is 24.3 Å². The number of rotatable bonds is 7. The van der Waals surface area contributed by atoms with Crippen molar-refractivity contribution in [2.45, 2.75) is 39.7 Å². The highest BCUT2D eigenvalue weighted by molar-refractivity contribution is 5.96. The van der Waals surface area contributed by atoms with Gasteiger partial charge in [-0.15, -0.1) is 0 Å². The molecule has 1 rings (SSSR count). The zero-order chi connectivity index (χ0) is 14.3. The average molecular weight is 263 g/mol. The average Bonchev–Trinajstić information content (AvgIpc) is 2.36. The highest BCUT2D eigenvalue weighted by Gasteiger charge is 2.10. The van der Waals surface area contributed by atoms with Crippen molar-refractivity contribution in [1.82, 2.24) is 5.32 Å². The third kappa shape index (κ3) is 5.12. The van der Waals surface area contributed by atoms with E-state index in [0.29, 0.717) is 11.3 Å². The van der Waals surface area contributed by atoms with Crippen LogP contribution >= 0.6 is 0 Å². The Balaban J connectivity index is 2.53. The van der Waals surface area contributed by atoms with Gasteiger partial charge in [0.15, 0.2) is 12.4 Å². The minimum absolute atomic E-state index is 0.0711. The van der Waals surface area contributed by atoms with Crippen LogP contribution in [0.1, 0.15) is 44.0 Å². The molecule has 0 aliphatic rings. The van der Waals surface area contributed by atoms with Gasteiger partial charge in [-0.2, -0.15) is 0 Å². The Morgan fingerprint density at radius 3 is 2.63 bits per heavy atom. The molecule has 19 heavy (non-hydrogen) atoms. The summed E-state index contributed by atoms with van der Waals surface area (Å²) in [5.74, 6) is 0.211. The van der Waals surface area contributed by atoms with E-state index in [4.69, 9.17) is 4.74 Å². The molecular formula is C15H21NO3. The molecule has 0 aliphatic carbocycles. The molecule has 0 unspecified atom stereocenters. The van der Waals surface area contributed by atoms with Gasteiger partial charge in [-0.1, -0.05) is 25.5 Å². The normalized spacial score (nSPS) is 11.7. The number of Topliss-reactive ketones (excluding diaryl/α,β-unsaturated/α-hetero) is 1. The molecule has 0 bridgehead atoms. The van der Waals surface area contributed by atoms with E-state index in [1.54, 1.807) is 24.3 Å². The van der Waals surface area contributed by atoms with Gasteiger partial charge in [-0.25, -0.2) is 0 Å². The smallest absolute Gasteiger partial charge is 0.258 e. The number of ketones is 1. The van der Waals surface area contributed by atoms with Gasteiger partial charge in [0.2, 0.25) is 0 Å². The van der Waals surface area contributed by atoms with E-state index in [1.165, 1.54) is 6.92 Å². The van der Waals surface area contributed by atoms with Crippen molar-refractivity contribution in [2.75, 3.05) is 6.61 Å². The Hall–Kier alpha value is -1.84. The second-order valence-electron chi connectivity index (χ2n) is 4.60. The molecule has 1 aromatic rings. The molecule has 0 spiro atoms. The fourth-order valence-electron chi connectivity index (χ4n) is 1.85. The van der Waals surface area contributed by atoms with E-state index in [1.807, 2.05) is 6.92 Å². The van der Waals surface area contributed by atoms with E-state index in [-0.39, 0.29) is 24.3 Å². The second-order valence-corrected chi connectivity index (χ2v) is 4.60. The summed E-state index contributed by atoms with van der Waals surface area (Å²) in [4.78, 5) is 23.1. The van der Waals surface area contributed by atoms with Crippen LogP contribution in [0.4, 0.5) is 0 Å². The number of hydrogen-bond acceptors (Lipinski definition) is 3. The predicted molar refractivity (Wildman–Crippen MR) is 74.5 cm³/mol. The third-order valence-electron chi connectivity index (χ3n) is 2.75. The zero-order valence-corrected chi connectivity index (χ0v) is 11.7. The maximum absolute atomic E-state index is 11.7. The zero-order valence-electron chi connectivity index (χ0n) is 11.7. The van der Waals surface area contributed by atoms with Crippen LogP contribution in [0.3, 0.4) is 0 Å². The summed E-state index contributed by atoms with van der Waals surface area (Å²) < 4.78 is 5.41. The Morgan fingerprint density at radius 1 is 1.32 bits per heavy atom. The Labute approximate surface area is 114 Å². The summed E-state index contributed by atoms with van der Waals surface area (Å²) >= 11 is 0. The van der Waals surface area contributed by atoms with E-state index in [9.17, 15) is 9.59 Å². The van der Waals surface area contributed by atoms with Crippen molar-refractivity contribution in [2.24, 2.45) is 0 Å². The first-order chi connectivity index (χ1) is 9.04. The summed E-state index contributed by atoms with van der Waals surface area (Å²) in [6.07, 6.45) is 1.96. The number of ether oxygens (including phenoxy) is 1. The van der Waals surface area contributed by atoms with Gasteiger partial charge in [0.1, 0.15) is 5.75 Å². The lowest BCUT2D eigenvalue weighted by Gasteiger charge is -2.14. The topological polar surface area (TPSA) is 55.4 Å². The van der Waals surface area contributed by atoms with Crippen molar-refractivity contribution in [3.63, 3.8) is 0 Å². The molecule has 1 atom stereocenters. The van der Waals surface area contributed by atoms with Gasteiger partial charge in [0, 0.05) is 6.04 Å². The quantitative estimate of drug-likeness (QED) is 0.769. The van der Waals surface area contributed by atoms with Crippen LogP contribution in [0.25, 0.3) is 0 Å². The maximum Gasteiger partial charge on any atom is 0.258 e. The standard InChI is InChI=1S/C15H21NO3/c1-4-7-11(2)16-15(18)10-19-14-9-6-5-8-13(14)12(3)17/h5-6,8-9,11H,4,7,10H2,1-3H3,(H,16,18)/t11-/m0/s1. The Kier molecular flexibility index (Phi) is 6.06. The summed E-state index contributed by atoms with van der Waals surface area (Å²) in [5, 5.41) is 2.85. The third-order valence-corrected chi connectivity index (χ3v) is 2.75. The molecule has 4 heteroatoms. The van der Waals surface area contributed by atoms with Crippen molar-refractivity contribution in [1.29, 1.82) is 0 Å². The predicted octanol–water partition coefficient (Wildman–Crippen LogP) is 2.57. The highest BCUT2D eigenvalue weighted by Crippen LogP contribution is 2.18. The van der Waals surface area contributed by atoms with E-state index in [2.05, 4.69) is 12.2 Å². The number of hydrogen-bond donors (Lipinski definition) is 1. The van der Waals surface area contributed by atoms with E-state index < -0.39 is 0 Å². The van der Waals surface area contributed by atoms with Crippen molar-refractivity contribution in [3.05, 3.63) is 29.8 Å². The molecule has 0 radical (unpaired) electrons. The molecule has 0 heterocycles. The summed E-state index contributed by atoms with van der Waals surface area (Å²) in [5.41, 5.74) is 0.497. The first-order valence-corrected chi connectivity index (χ1v) is 6.56. The first-order valence-electron chi connectivity index (χ1n) is 6.56. The molecule has 0 aliphatic heterocycles. The SMILES string of the molecule is CCC[C@H](C)NC(=O)COc1ccccc1C(C)=O. The number of carbonyl (C=O) groups is 2. The van der Waals surface area contributed by atoms with Crippen LogP contribution < -0.4 is 10.1 Å². The van der Waals surface area contributed by atoms with E-state index in [0.717, 1.165) is 12.8 Å². The lowest BCUT2D eigenvalue weighted by atomic mass is 10.1. The molecule has 104 valence electrons. The van der Waals surface area contributed by atoms with E-state index >= 15 is 0 Å². The number of para-hydroxylation sites is 1. The fourth-order valence-corrected chi connectivity index (χ4v) is 1.85. The monoisotopic (exact) mass is 263 g/mol. The lowest BCUT2D eigenvalue weighted by Crippen LogP contribution is -2.36. The summed E-state index contributed by atoms with van der Waals surface area (Å²) in [7, 11) is 0. The highest BCUT2D eigenvalue weighted by atomic mass is 16.5. The molecule has 4 nitrogen and oxygen atoms in total. The summed E-state index contributed by atoms with van der Waals surface area (Å²) in [6.45, 7) is 5.44. The summed E-state index contributed by atoms with van der Waals surface area (Å²) in [6, 6.07) is 7.07. The Morgan fingerprint density at radius 2 is 2.00 bits per heavy atom. The molecule has 1 aromatic carbocycles. The molecule has 0 aromatic heterocycles. The van der Waals surface area contributed by atoms with Crippen LogP contribution in [0, 0.1) is 0 Å². The van der Waals surface area contributed by atoms with Crippen LogP contribution in [0.5, 0.6) is 5.75 Å². The van der Waals surface area contributed by atoms with Gasteiger partial charge in [-0.3, -0.25) is 9.59 Å². The number of benzene rings is 1. The van der Waals surface area contributed by atoms with Gasteiger partial charge >= 0.3 is 0 Å². The molecular weight excluding hydrogens is 242 g/mol. The van der Waals surface area contributed by atoms with Crippen molar-refractivity contribution < 1.29 is 14.3 Å². The lowest BCUT2D eigenvalue weighted by molar-refractivity contribution is -0.123. The molecule has 0 saturated heterocycles. The van der Waals surface area contributed by atoms with Crippen molar-refractivity contribution in [3.8, 4) is 5.75 Å². The number of carbonyl (C=O) groups excluding carboxylic acids is 2. The number of amides is 1. The van der Waals surface area contributed by atoms with Crippen molar-refractivity contribution >= 4 is 11.7 Å². The molecule has 1 amide bonds. The van der Waals surface area contributed by atoms with Crippen LogP contribution in [0.15, 0.2) is 24.3 Å².